The van der Waals surface area contributed by atoms with Gasteiger partial charge in [-0.25, -0.2) is 4.39 Å². The van der Waals surface area contributed by atoms with Crippen LogP contribution in [-0.4, -0.2) is 29.0 Å². The van der Waals surface area contributed by atoms with E-state index >= 15 is 0 Å². The second-order valence-corrected chi connectivity index (χ2v) is 7.83. The van der Waals surface area contributed by atoms with Gasteiger partial charge in [0.1, 0.15) is 11.6 Å². The van der Waals surface area contributed by atoms with Gasteiger partial charge in [-0.3, -0.25) is 4.79 Å². The number of nitrogens with zero attached hydrogens (tertiary/aromatic N) is 1. The Balaban J connectivity index is 1.99. The molecular formula is C21H21F4NO3S. The van der Waals surface area contributed by atoms with E-state index in [4.69, 9.17) is 11.3 Å². The van der Waals surface area contributed by atoms with Gasteiger partial charge in [-0.2, -0.15) is 13.2 Å². The van der Waals surface area contributed by atoms with Crippen molar-refractivity contribution in [2.75, 3.05) is 12.4 Å². The number of aliphatic hydroxyl groups is 1. The van der Waals surface area contributed by atoms with E-state index in [-0.39, 0.29) is 47.4 Å². The smallest absolute Gasteiger partial charge is 0.419 e. The zero-order valence-corrected chi connectivity index (χ0v) is 17.1. The van der Waals surface area contributed by atoms with E-state index in [0.717, 1.165) is 23.9 Å². The number of terminal acetylenes is 1. The molecule has 1 unspecified atom stereocenters. The Hall–Kier alpha value is -2.47. The van der Waals surface area contributed by atoms with Gasteiger partial charge in [-0.05, 0) is 42.7 Å². The highest BCUT2D eigenvalue weighted by atomic mass is 32.2. The summed E-state index contributed by atoms with van der Waals surface area (Å²) in [5.41, 5.74) is -0.831. The van der Waals surface area contributed by atoms with Crippen LogP contribution in [0.3, 0.4) is 0 Å². The summed E-state index contributed by atoms with van der Waals surface area (Å²) in [5.74, 6) is 0.867. The van der Waals surface area contributed by atoms with Crippen molar-refractivity contribution in [1.82, 2.24) is 0 Å². The van der Waals surface area contributed by atoms with Gasteiger partial charge >= 0.3 is 6.18 Å². The Bertz CT molecular complexity index is 887. The minimum atomic E-state index is -4.76. The maximum atomic E-state index is 13.4. The van der Waals surface area contributed by atoms with Crippen LogP contribution in [0.4, 0.5) is 17.6 Å². The van der Waals surface area contributed by atoms with Crippen molar-refractivity contribution in [3.8, 4) is 12.3 Å². The number of aliphatic hydroxyl groups excluding tert-OH is 1. The van der Waals surface area contributed by atoms with Crippen LogP contribution in [0, 0.1) is 24.1 Å². The number of halogens is 4. The van der Waals surface area contributed by atoms with Gasteiger partial charge in [0.2, 0.25) is 0 Å². The van der Waals surface area contributed by atoms with Crippen LogP contribution < -0.4 is 0 Å². The second kappa shape index (κ2) is 10.5. The lowest BCUT2D eigenvalue weighted by molar-refractivity contribution is -0.140. The highest BCUT2D eigenvalue weighted by molar-refractivity contribution is 7.99. The average Bonchev–Trinajstić information content (AvgIpc) is 2.66. The lowest BCUT2D eigenvalue weighted by Crippen LogP contribution is -2.25. The Morgan fingerprint density at radius 1 is 1.40 bits per heavy atom. The second-order valence-electron chi connectivity index (χ2n) is 6.66. The van der Waals surface area contributed by atoms with E-state index in [9.17, 15) is 27.5 Å². The number of oxime groups is 1. The highest BCUT2D eigenvalue weighted by Crippen LogP contribution is 2.35. The number of Topliss-reactive ketones (excluding diaryl/α,β-unsaturated/α-hetero) is 1. The van der Waals surface area contributed by atoms with Crippen molar-refractivity contribution >= 4 is 23.3 Å². The number of benzene rings is 1. The fourth-order valence-corrected chi connectivity index (χ4v) is 4.15. The number of hydrogen-bond acceptors (Lipinski definition) is 5. The summed E-state index contributed by atoms with van der Waals surface area (Å²) in [6.07, 6.45) is 1.64. The number of carbonyl (C=O) groups is 1. The van der Waals surface area contributed by atoms with Gasteiger partial charge in [0, 0.05) is 17.7 Å². The fourth-order valence-electron chi connectivity index (χ4n) is 3.09. The van der Waals surface area contributed by atoms with Gasteiger partial charge < -0.3 is 9.94 Å². The van der Waals surface area contributed by atoms with Gasteiger partial charge in [0.05, 0.1) is 16.8 Å². The summed E-state index contributed by atoms with van der Waals surface area (Å²) in [7, 11) is 0. The normalized spacial score (nSPS) is 17.8. The molecule has 0 bridgehead atoms. The third-order valence-corrected chi connectivity index (χ3v) is 5.53. The molecule has 1 aliphatic rings. The molecule has 1 N–H and O–H groups in total. The molecule has 162 valence electrons. The molecule has 0 aliphatic heterocycles. The van der Waals surface area contributed by atoms with E-state index in [1.807, 2.05) is 0 Å². The molecule has 1 aliphatic carbocycles. The van der Waals surface area contributed by atoms with Gasteiger partial charge in [0.15, 0.2) is 12.4 Å². The summed E-state index contributed by atoms with van der Waals surface area (Å²) in [6, 6.07) is 2.86. The maximum Gasteiger partial charge on any atom is 0.419 e. The molecule has 1 aromatic carbocycles. The fraction of sp³-hybridized carbons (Fsp3) is 0.429. The summed E-state index contributed by atoms with van der Waals surface area (Å²) < 4.78 is 51.8. The average molecular weight is 443 g/mol. The SMILES string of the molecule is C#CCON=C(CC)C1=C(O)CC(CCSc2ccc(F)c(C(F)(F)F)c2)CC1=O. The van der Waals surface area contributed by atoms with Crippen LogP contribution in [0.5, 0.6) is 0 Å². The minimum absolute atomic E-state index is 0.0506. The molecule has 0 fully saturated rings. The van der Waals surface area contributed by atoms with E-state index < -0.39 is 17.6 Å². The lowest BCUT2D eigenvalue weighted by atomic mass is 9.83. The van der Waals surface area contributed by atoms with Crippen molar-refractivity contribution in [3.05, 3.63) is 40.9 Å². The third-order valence-electron chi connectivity index (χ3n) is 4.51. The molecule has 1 aromatic rings. The predicted octanol–water partition coefficient (Wildman–Crippen LogP) is 5.53. The van der Waals surface area contributed by atoms with Crippen LogP contribution in [-0.2, 0) is 15.8 Å². The topological polar surface area (TPSA) is 58.9 Å². The summed E-state index contributed by atoms with van der Waals surface area (Å²) in [4.78, 5) is 17.7. The molecule has 30 heavy (non-hydrogen) atoms. The Kier molecular flexibility index (Phi) is 8.35. The van der Waals surface area contributed by atoms with Crippen molar-refractivity contribution in [1.29, 1.82) is 0 Å². The van der Waals surface area contributed by atoms with Crippen LogP contribution in [0.25, 0.3) is 0 Å². The molecule has 0 heterocycles. The minimum Gasteiger partial charge on any atom is -0.511 e. The number of thioether (sulfide) groups is 1. The van der Waals surface area contributed by atoms with E-state index in [1.165, 1.54) is 6.07 Å². The Labute approximate surface area is 176 Å². The number of carbonyl (C=O) groups excluding carboxylic acids is 1. The molecule has 0 aromatic heterocycles. The summed E-state index contributed by atoms with van der Waals surface area (Å²) in [6.45, 7) is 1.72. The number of alkyl halides is 3. The first-order chi connectivity index (χ1) is 14.2. The van der Waals surface area contributed by atoms with E-state index in [0.29, 0.717) is 24.3 Å². The standard InChI is InChI=1S/C21H21F4NO3S/c1-3-8-29-26-17(4-2)20-18(27)10-13(11-19(20)28)7-9-30-14-5-6-16(22)15(12-14)21(23,24)25/h1,5-6,12-13,27H,4,7-11H2,2H3. The van der Waals surface area contributed by atoms with Crippen molar-refractivity contribution in [2.45, 2.75) is 43.7 Å². The van der Waals surface area contributed by atoms with Crippen LogP contribution in [0.15, 0.2) is 39.6 Å². The van der Waals surface area contributed by atoms with Crippen molar-refractivity contribution < 1.29 is 32.3 Å². The highest BCUT2D eigenvalue weighted by Gasteiger charge is 2.34. The van der Waals surface area contributed by atoms with Crippen LogP contribution >= 0.6 is 11.8 Å². The molecule has 0 amide bonds. The first kappa shape index (κ1) is 23.8. The van der Waals surface area contributed by atoms with Crippen molar-refractivity contribution in [3.63, 3.8) is 0 Å². The monoisotopic (exact) mass is 443 g/mol. The number of allylic oxidation sites excluding steroid dienone is 2. The van der Waals surface area contributed by atoms with Gasteiger partial charge in [-0.15, -0.1) is 18.2 Å². The summed E-state index contributed by atoms with van der Waals surface area (Å²) >= 11 is 1.14. The quantitative estimate of drug-likeness (QED) is 0.143. The van der Waals surface area contributed by atoms with E-state index in [1.54, 1.807) is 6.92 Å². The van der Waals surface area contributed by atoms with Gasteiger partial charge in [-0.1, -0.05) is 18.0 Å². The zero-order valence-electron chi connectivity index (χ0n) is 16.3. The van der Waals surface area contributed by atoms with Crippen LogP contribution in [0.1, 0.15) is 38.2 Å². The third kappa shape index (κ3) is 6.26. The molecular weight excluding hydrogens is 422 g/mol. The van der Waals surface area contributed by atoms with Crippen LogP contribution in [0.2, 0.25) is 0 Å². The largest absolute Gasteiger partial charge is 0.511 e. The predicted molar refractivity (Wildman–Crippen MR) is 107 cm³/mol. The molecule has 0 spiro atoms. The maximum absolute atomic E-state index is 13.4. The number of ketones is 1. The van der Waals surface area contributed by atoms with Gasteiger partial charge in [0.25, 0.3) is 0 Å². The molecule has 2 rings (SSSR count). The molecule has 9 heteroatoms. The molecule has 1 atom stereocenters. The van der Waals surface area contributed by atoms with Crippen molar-refractivity contribution in [2.24, 2.45) is 11.1 Å². The molecule has 0 radical (unpaired) electrons. The zero-order chi connectivity index (χ0) is 22.3. The van der Waals surface area contributed by atoms with E-state index in [2.05, 4.69) is 11.1 Å². The number of hydrogen-bond donors (Lipinski definition) is 1. The first-order valence-electron chi connectivity index (χ1n) is 9.24. The Morgan fingerprint density at radius 2 is 2.13 bits per heavy atom. The molecule has 0 saturated carbocycles. The Morgan fingerprint density at radius 3 is 2.73 bits per heavy atom. The lowest BCUT2D eigenvalue weighted by Gasteiger charge is -2.23. The summed E-state index contributed by atoms with van der Waals surface area (Å²) in [5, 5.41) is 14.2. The number of rotatable bonds is 8. The molecule has 4 nitrogen and oxygen atoms in total. The first-order valence-corrected chi connectivity index (χ1v) is 10.2. The molecule has 0 saturated heterocycles.